The van der Waals surface area contributed by atoms with Crippen LogP contribution in [0.1, 0.15) is 17.7 Å². The van der Waals surface area contributed by atoms with Crippen LogP contribution in [0.15, 0.2) is 46.3 Å². The van der Waals surface area contributed by atoms with Crippen LogP contribution in [0.2, 0.25) is 0 Å². The summed E-state index contributed by atoms with van der Waals surface area (Å²) >= 11 is 1.21. The molecule has 3 rings (SSSR count). The second-order valence-electron chi connectivity index (χ2n) is 7.69. The van der Waals surface area contributed by atoms with E-state index in [1.807, 2.05) is 4.90 Å². The number of halogens is 3. The summed E-state index contributed by atoms with van der Waals surface area (Å²) in [5.74, 6) is 0. The number of aliphatic imine (C=N–C) groups is 1. The molecule has 2 N–H and O–H groups in total. The van der Waals surface area contributed by atoms with E-state index in [0.29, 0.717) is 41.4 Å². The Hall–Kier alpha value is -2.08. The van der Waals surface area contributed by atoms with Crippen molar-refractivity contribution >= 4 is 32.6 Å². The van der Waals surface area contributed by atoms with Crippen LogP contribution in [-0.2, 0) is 9.84 Å². The maximum Gasteiger partial charge on any atom is 0.429 e. The van der Waals surface area contributed by atoms with E-state index in [9.17, 15) is 26.7 Å². The van der Waals surface area contributed by atoms with Gasteiger partial charge in [0.15, 0.2) is 9.84 Å². The number of hydrogen-bond acceptors (Lipinski definition) is 7. The number of hydrogen-bond donors (Lipinski definition) is 2. The van der Waals surface area contributed by atoms with Gasteiger partial charge in [0.25, 0.3) is 0 Å². The van der Waals surface area contributed by atoms with Crippen molar-refractivity contribution in [3.05, 3.63) is 41.3 Å². The van der Waals surface area contributed by atoms with Gasteiger partial charge in [-0.25, -0.2) is 8.42 Å². The lowest BCUT2D eigenvalue weighted by molar-refractivity contribution is -0.0605. The van der Waals surface area contributed by atoms with Gasteiger partial charge in [-0.1, -0.05) is 12.1 Å². The molecular formula is C21H24F3N3O3S2. The molecule has 1 aliphatic rings. The quantitative estimate of drug-likeness (QED) is 0.556. The minimum Gasteiger partial charge on any atom is -0.392 e. The van der Waals surface area contributed by atoms with Crippen LogP contribution < -0.4 is 0 Å². The van der Waals surface area contributed by atoms with Crippen LogP contribution in [0.3, 0.4) is 0 Å². The molecule has 1 unspecified atom stereocenters. The molecule has 11 heteroatoms. The number of aliphatic hydroxyl groups excluding tert-OH is 1. The SMILES string of the molecule is CS(=O)(=O)c1cccc(-c2ccc(C(CC(=N)C(F)(F)F)=NCCN3CCC(O)C3)s2)c1. The van der Waals surface area contributed by atoms with E-state index >= 15 is 0 Å². The van der Waals surface area contributed by atoms with E-state index in [2.05, 4.69) is 4.99 Å². The molecule has 0 saturated carbocycles. The Morgan fingerprint density at radius 3 is 2.69 bits per heavy atom. The lowest BCUT2D eigenvalue weighted by Gasteiger charge is -2.14. The Kier molecular flexibility index (Phi) is 7.53. The Morgan fingerprint density at radius 2 is 2.06 bits per heavy atom. The third-order valence-electron chi connectivity index (χ3n) is 5.09. The largest absolute Gasteiger partial charge is 0.429 e. The zero-order valence-electron chi connectivity index (χ0n) is 17.4. The van der Waals surface area contributed by atoms with Crippen molar-refractivity contribution in [2.75, 3.05) is 32.4 Å². The van der Waals surface area contributed by atoms with E-state index in [-0.39, 0.29) is 23.3 Å². The van der Waals surface area contributed by atoms with Gasteiger partial charge in [-0.15, -0.1) is 11.3 Å². The summed E-state index contributed by atoms with van der Waals surface area (Å²) in [4.78, 5) is 7.72. The molecule has 1 fully saturated rings. The first-order valence-electron chi connectivity index (χ1n) is 9.92. The summed E-state index contributed by atoms with van der Waals surface area (Å²) in [5, 5.41) is 17.0. The number of sulfone groups is 1. The van der Waals surface area contributed by atoms with Crippen molar-refractivity contribution in [2.45, 2.75) is 30.0 Å². The molecule has 0 spiro atoms. The number of benzene rings is 1. The normalized spacial score (nSPS) is 18.3. The number of thiophene rings is 1. The number of alkyl halides is 3. The number of nitrogens with zero attached hydrogens (tertiary/aromatic N) is 2. The molecule has 32 heavy (non-hydrogen) atoms. The minimum atomic E-state index is -4.73. The van der Waals surface area contributed by atoms with Gasteiger partial charge in [0.05, 0.1) is 23.3 Å². The van der Waals surface area contributed by atoms with E-state index in [1.54, 1.807) is 24.3 Å². The lowest BCUT2D eigenvalue weighted by Crippen LogP contribution is -2.27. The van der Waals surface area contributed by atoms with E-state index in [1.165, 1.54) is 23.5 Å². The van der Waals surface area contributed by atoms with Crippen molar-refractivity contribution < 1.29 is 26.7 Å². The summed E-state index contributed by atoms with van der Waals surface area (Å²) in [6.45, 7) is 1.99. The Labute approximate surface area is 188 Å². The summed E-state index contributed by atoms with van der Waals surface area (Å²) < 4.78 is 62.6. The maximum absolute atomic E-state index is 13.0. The molecule has 1 atom stereocenters. The smallest absolute Gasteiger partial charge is 0.392 e. The van der Waals surface area contributed by atoms with Gasteiger partial charge in [0, 0.05) is 42.1 Å². The average Bonchev–Trinajstić information content (AvgIpc) is 3.35. The molecule has 6 nitrogen and oxygen atoms in total. The Morgan fingerprint density at radius 1 is 1.31 bits per heavy atom. The number of likely N-dealkylation sites (tertiary alicyclic amines) is 1. The highest BCUT2D eigenvalue weighted by atomic mass is 32.2. The molecular weight excluding hydrogens is 463 g/mol. The molecule has 0 amide bonds. The zero-order chi connectivity index (χ0) is 23.5. The van der Waals surface area contributed by atoms with E-state index < -0.39 is 28.1 Å². The molecule has 2 aromatic rings. The van der Waals surface area contributed by atoms with Crippen molar-refractivity contribution in [1.29, 1.82) is 5.41 Å². The first kappa shape index (κ1) is 24.6. The van der Waals surface area contributed by atoms with Crippen LogP contribution in [0.4, 0.5) is 13.2 Å². The van der Waals surface area contributed by atoms with Gasteiger partial charge in [0.1, 0.15) is 5.71 Å². The van der Waals surface area contributed by atoms with Crippen LogP contribution in [0.5, 0.6) is 0 Å². The fraction of sp³-hybridized carbons (Fsp3) is 0.429. The summed E-state index contributed by atoms with van der Waals surface area (Å²) in [5.41, 5.74) is -0.565. The van der Waals surface area contributed by atoms with Crippen molar-refractivity contribution in [1.82, 2.24) is 4.90 Å². The molecule has 174 valence electrons. The van der Waals surface area contributed by atoms with Gasteiger partial charge >= 0.3 is 6.18 Å². The van der Waals surface area contributed by atoms with Crippen LogP contribution in [0, 0.1) is 5.41 Å². The molecule has 1 aliphatic heterocycles. The second-order valence-corrected chi connectivity index (χ2v) is 10.8. The molecule has 1 aromatic heterocycles. The minimum absolute atomic E-state index is 0.158. The summed E-state index contributed by atoms with van der Waals surface area (Å²) in [7, 11) is -3.39. The lowest BCUT2D eigenvalue weighted by atomic mass is 10.1. The average molecular weight is 488 g/mol. The molecule has 2 heterocycles. The molecule has 0 bridgehead atoms. The first-order valence-corrected chi connectivity index (χ1v) is 12.6. The molecule has 0 aliphatic carbocycles. The summed E-state index contributed by atoms with van der Waals surface area (Å²) in [6.07, 6.45) is -3.99. The van der Waals surface area contributed by atoms with Gasteiger partial charge in [0.2, 0.25) is 0 Å². The highest BCUT2D eigenvalue weighted by Crippen LogP contribution is 2.31. The van der Waals surface area contributed by atoms with Crippen molar-refractivity contribution in [3.63, 3.8) is 0 Å². The Bertz CT molecular complexity index is 1110. The molecule has 1 saturated heterocycles. The predicted molar refractivity (Wildman–Crippen MR) is 120 cm³/mol. The third kappa shape index (κ3) is 6.47. The number of aliphatic hydroxyl groups is 1. The van der Waals surface area contributed by atoms with Crippen molar-refractivity contribution in [2.24, 2.45) is 4.99 Å². The van der Waals surface area contributed by atoms with Crippen LogP contribution in [-0.4, -0.2) is 74.6 Å². The second kappa shape index (κ2) is 9.82. The van der Waals surface area contributed by atoms with Gasteiger partial charge in [-0.2, -0.15) is 13.2 Å². The zero-order valence-corrected chi connectivity index (χ0v) is 19.0. The number of β-amino-alcohol motifs (C(OH)–C–C–N with tert-alkyl or cyclic N) is 1. The fourth-order valence-corrected chi connectivity index (χ4v) is 5.03. The number of nitrogens with one attached hydrogen (secondary N) is 1. The van der Waals surface area contributed by atoms with Gasteiger partial charge in [-0.05, 0) is 36.2 Å². The topological polar surface area (TPSA) is 93.8 Å². The van der Waals surface area contributed by atoms with E-state index in [0.717, 1.165) is 6.26 Å². The summed E-state index contributed by atoms with van der Waals surface area (Å²) in [6, 6.07) is 9.72. The fourth-order valence-electron chi connectivity index (χ4n) is 3.36. The van der Waals surface area contributed by atoms with Crippen LogP contribution in [0.25, 0.3) is 10.4 Å². The first-order chi connectivity index (χ1) is 14.9. The highest BCUT2D eigenvalue weighted by Gasteiger charge is 2.35. The van der Waals surface area contributed by atoms with E-state index in [4.69, 9.17) is 5.41 Å². The van der Waals surface area contributed by atoms with Crippen molar-refractivity contribution in [3.8, 4) is 10.4 Å². The maximum atomic E-state index is 13.0. The third-order valence-corrected chi connectivity index (χ3v) is 7.38. The standard InChI is InChI=1S/C21H24F3N3O3S2/c1-32(29,30)16-4-2-3-14(11-16)18-5-6-19(31-18)17(12-20(25)21(22,23)24)26-8-10-27-9-7-15(28)13-27/h2-6,11,15,25,28H,7-10,12-13H2,1H3. The highest BCUT2D eigenvalue weighted by molar-refractivity contribution is 7.90. The number of rotatable bonds is 8. The van der Waals surface area contributed by atoms with Crippen LogP contribution >= 0.6 is 11.3 Å². The predicted octanol–water partition coefficient (Wildman–Crippen LogP) is 3.65. The van der Waals surface area contributed by atoms with Gasteiger partial charge < -0.3 is 10.5 Å². The molecule has 0 radical (unpaired) electrons. The van der Waals surface area contributed by atoms with Gasteiger partial charge in [-0.3, -0.25) is 9.89 Å². The molecule has 1 aromatic carbocycles. The Balaban J connectivity index is 1.84. The monoisotopic (exact) mass is 487 g/mol.